The van der Waals surface area contributed by atoms with Gasteiger partial charge in [0, 0.05) is 23.3 Å². The van der Waals surface area contributed by atoms with Crippen molar-refractivity contribution >= 4 is 22.7 Å². The molecule has 31 heavy (non-hydrogen) atoms. The molecule has 0 unspecified atom stereocenters. The number of carbonyl (C=O) groups is 1. The van der Waals surface area contributed by atoms with Crippen LogP contribution in [0.3, 0.4) is 0 Å². The number of fused-ring (bicyclic) bond motifs is 1. The van der Waals surface area contributed by atoms with Gasteiger partial charge in [0.25, 0.3) is 0 Å². The van der Waals surface area contributed by atoms with Crippen molar-refractivity contribution in [2.24, 2.45) is 0 Å². The number of hydrogen-bond donors (Lipinski definition) is 1. The molecule has 1 amide bonds. The first-order valence-electron chi connectivity index (χ1n) is 9.35. The van der Waals surface area contributed by atoms with E-state index >= 15 is 0 Å². The number of benzene rings is 3. The Labute approximate surface area is 178 Å². The number of nitriles is 1. The van der Waals surface area contributed by atoms with E-state index in [0.717, 1.165) is 0 Å². The molecule has 7 heteroatoms. The van der Waals surface area contributed by atoms with Gasteiger partial charge >= 0.3 is 6.09 Å². The molecule has 3 aromatic carbocycles. The molecule has 0 saturated heterocycles. The summed E-state index contributed by atoms with van der Waals surface area (Å²) in [6.45, 7) is 0. The smallest absolute Gasteiger partial charge is 0.417 e. The summed E-state index contributed by atoms with van der Waals surface area (Å²) in [6.07, 6.45) is 1.04. The number of pyridine rings is 1. The Balaban J connectivity index is 1.49. The maximum absolute atomic E-state index is 12.0. The maximum atomic E-state index is 12.0. The van der Waals surface area contributed by atoms with Crippen molar-refractivity contribution in [3.05, 3.63) is 84.6 Å². The Morgan fingerprint density at radius 2 is 1.74 bits per heavy atom. The fourth-order valence-electron chi connectivity index (χ4n) is 2.97. The van der Waals surface area contributed by atoms with E-state index in [0.29, 0.717) is 45.2 Å². The van der Waals surface area contributed by atoms with Crippen LogP contribution >= 0.6 is 0 Å². The molecule has 4 aromatic rings. The molecule has 4 rings (SSSR count). The monoisotopic (exact) mass is 411 g/mol. The summed E-state index contributed by atoms with van der Waals surface area (Å²) in [5.41, 5.74) is 1.60. The highest BCUT2D eigenvalue weighted by atomic mass is 16.6. The Morgan fingerprint density at radius 1 is 0.968 bits per heavy atom. The highest BCUT2D eigenvalue weighted by Crippen LogP contribution is 2.33. The number of anilines is 1. The van der Waals surface area contributed by atoms with E-state index in [1.54, 1.807) is 72.9 Å². The number of amides is 1. The van der Waals surface area contributed by atoms with Gasteiger partial charge in [-0.1, -0.05) is 18.2 Å². The van der Waals surface area contributed by atoms with Crippen LogP contribution in [0.2, 0.25) is 0 Å². The van der Waals surface area contributed by atoms with Crippen molar-refractivity contribution in [2.75, 3.05) is 12.4 Å². The molecule has 152 valence electrons. The summed E-state index contributed by atoms with van der Waals surface area (Å²) in [6, 6.07) is 22.9. The van der Waals surface area contributed by atoms with Gasteiger partial charge < -0.3 is 14.2 Å². The first-order chi connectivity index (χ1) is 15.2. The molecule has 0 atom stereocenters. The Hall–Kier alpha value is -4.57. The fourth-order valence-corrected chi connectivity index (χ4v) is 2.97. The summed E-state index contributed by atoms with van der Waals surface area (Å²) in [5.74, 6) is 2.02. The third-order valence-corrected chi connectivity index (χ3v) is 4.43. The number of carbonyl (C=O) groups excluding carboxylic acids is 1. The number of rotatable bonds is 5. The highest BCUT2D eigenvalue weighted by molar-refractivity contribution is 5.88. The van der Waals surface area contributed by atoms with E-state index < -0.39 is 6.09 Å². The minimum absolute atomic E-state index is 0.393. The van der Waals surface area contributed by atoms with Gasteiger partial charge in [0.1, 0.15) is 29.1 Å². The number of methoxy groups -OCH3 is 1. The highest BCUT2D eigenvalue weighted by Gasteiger charge is 2.11. The molecule has 0 bridgehead atoms. The lowest BCUT2D eigenvalue weighted by Gasteiger charge is -2.11. The van der Waals surface area contributed by atoms with Gasteiger partial charge in [0.15, 0.2) is 0 Å². The second-order valence-electron chi connectivity index (χ2n) is 6.44. The Morgan fingerprint density at radius 3 is 2.45 bits per heavy atom. The molecule has 0 saturated carbocycles. The summed E-state index contributed by atoms with van der Waals surface area (Å²) in [4.78, 5) is 16.3. The predicted octanol–water partition coefficient (Wildman–Crippen LogP) is 5.52. The number of hydrogen-bond acceptors (Lipinski definition) is 6. The second-order valence-corrected chi connectivity index (χ2v) is 6.44. The largest absolute Gasteiger partial charge is 0.495 e. The number of nitrogens with zero attached hydrogens (tertiary/aromatic N) is 2. The molecule has 1 aromatic heterocycles. The molecule has 0 aliphatic rings. The standard InChI is InChI=1S/C24H17N3O4/c1-29-23-14-21-20(13-16(23)15-25)22(11-12-26-21)30-19-9-7-17(8-10-19)27-24(28)31-18-5-3-2-4-6-18/h2-14H,1H3,(H,27,28). The first kappa shape index (κ1) is 19.7. The van der Waals surface area contributed by atoms with Gasteiger partial charge in [0.2, 0.25) is 0 Å². The molecular formula is C24H17N3O4. The number of nitrogens with one attached hydrogen (secondary N) is 1. The van der Waals surface area contributed by atoms with Crippen molar-refractivity contribution in [1.29, 1.82) is 5.26 Å². The van der Waals surface area contributed by atoms with Crippen molar-refractivity contribution in [2.45, 2.75) is 0 Å². The van der Waals surface area contributed by atoms with Crippen LogP contribution in [0.25, 0.3) is 10.9 Å². The topological polar surface area (TPSA) is 93.5 Å². The predicted molar refractivity (Wildman–Crippen MR) is 116 cm³/mol. The minimum Gasteiger partial charge on any atom is -0.495 e. The molecular weight excluding hydrogens is 394 g/mol. The molecule has 7 nitrogen and oxygen atoms in total. The van der Waals surface area contributed by atoms with Crippen molar-refractivity contribution < 1.29 is 19.0 Å². The SMILES string of the molecule is COc1cc2nccc(Oc3ccc(NC(=O)Oc4ccccc4)cc3)c2cc1C#N. The fraction of sp³-hybridized carbons (Fsp3) is 0.0417. The summed E-state index contributed by atoms with van der Waals surface area (Å²) >= 11 is 0. The molecule has 0 aliphatic heterocycles. The van der Waals surface area contributed by atoms with Crippen LogP contribution in [-0.2, 0) is 0 Å². The summed E-state index contributed by atoms with van der Waals surface area (Å²) < 4.78 is 16.4. The quantitative estimate of drug-likeness (QED) is 0.465. The lowest BCUT2D eigenvalue weighted by Crippen LogP contribution is -2.16. The van der Waals surface area contributed by atoms with Gasteiger partial charge in [-0.25, -0.2) is 4.79 Å². The van der Waals surface area contributed by atoms with E-state index in [2.05, 4.69) is 16.4 Å². The third kappa shape index (κ3) is 4.54. The van der Waals surface area contributed by atoms with Gasteiger partial charge in [-0.2, -0.15) is 5.26 Å². The Kier molecular flexibility index (Phi) is 5.63. The molecule has 0 fully saturated rings. The maximum Gasteiger partial charge on any atom is 0.417 e. The summed E-state index contributed by atoms with van der Waals surface area (Å²) in [7, 11) is 1.51. The van der Waals surface area contributed by atoms with Crippen LogP contribution in [0.15, 0.2) is 79.0 Å². The molecule has 0 spiro atoms. The third-order valence-electron chi connectivity index (χ3n) is 4.43. The summed E-state index contributed by atoms with van der Waals surface area (Å²) in [5, 5.41) is 12.7. The number of aromatic nitrogens is 1. The van der Waals surface area contributed by atoms with Crippen LogP contribution in [0.4, 0.5) is 10.5 Å². The van der Waals surface area contributed by atoms with Crippen LogP contribution in [-0.4, -0.2) is 18.2 Å². The first-order valence-corrected chi connectivity index (χ1v) is 9.35. The van der Waals surface area contributed by atoms with Crippen LogP contribution in [0.1, 0.15) is 5.56 Å². The minimum atomic E-state index is -0.585. The van der Waals surface area contributed by atoms with Crippen LogP contribution in [0.5, 0.6) is 23.0 Å². The van der Waals surface area contributed by atoms with Crippen LogP contribution in [0, 0.1) is 11.3 Å². The van der Waals surface area contributed by atoms with E-state index in [1.165, 1.54) is 7.11 Å². The van der Waals surface area contributed by atoms with Gasteiger partial charge in [-0.3, -0.25) is 10.3 Å². The molecule has 0 radical (unpaired) electrons. The normalized spacial score (nSPS) is 10.2. The van der Waals surface area contributed by atoms with Gasteiger partial charge in [-0.15, -0.1) is 0 Å². The van der Waals surface area contributed by atoms with Crippen molar-refractivity contribution in [3.63, 3.8) is 0 Å². The van der Waals surface area contributed by atoms with Crippen molar-refractivity contribution in [3.8, 4) is 29.1 Å². The average Bonchev–Trinajstić information content (AvgIpc) is 2.80. The van der Waals surface area contributed by atoms with E-state index in [1.807, 2.05) is 6.07 Å². The second kappa shape index (κ2) is 8.84. The zero-order valence-electron chi connectivity index (χ0n) is 16.5. The number of para-hydroxylation sites is 1. The van der Waals surface area contributed by atoms with E-state index in [9.17, 15) is 10.1 Å². The average molecular weight is 411 g/mol. The van der Waals surface area contributed by atoms with Crippen molar-refractivity contribution in [1.82, 2.24) is 4.98 Å². The van der Waals surface area contributed by atoms with Gasteiger partial charge in [-0.05, 0) is 48.5 Å². The van der Waals surface area contributed by atoms with E-state index in [-0.39, 0.29) is 0 Å². The number of ether oxygens (including phenoxy) is 3. The van der Waals surface area contributed by atoms with E-state index in [4.69, 9.17) is 14.2 Å². The lowest BCUT2D eigenvalue weighted by molar-refractivity contribution is 0.215. The zero-order chi connectivity index (χ0) is 21.6. The molecule has 0 aliphatic carbocycles. The zero-order valence-corrected chi connectivity index (χ0v) is 16.5. The van der Waals surface area contributed by atoms with Crippen LogP contribution < -0.4 is 19.5 Å². The molecule has 1 N–H and O–H groups in total. The molecule has 1 heterocycles. The Bertz CT molecular complexity index is 1270. The van der Waals surface area contributed by atoms with Gasteiger partial charge in [0.05, 0.1) is 18.2 Å². The lowest BCUT2D eigenvalue weighted by atomic mass is 10.1.